The van der Waals surface area contributed by atoms with Crippen LogP contribution in [0, 0.1) is 0 Å². The van der Waals surface area contributed by atoms with Gasteiger partial charge in [-0.1, -0.05) is 0 Å². The van der Waals surface area contributed by atoms with Gasteiger partial charge in [0.1, 0.15) is 17.3 Å². The van der Waals surface area contributed by atoms with Gasteiger partial charge in [0.25, 0.3) is 0 Å². The van der Waals surface area contributed by atoms with Gasteiger partial charge in [-0.15, -0.1) is 0 Å². The van der Waals surface area contributed by atoms with Crippen LogP contribution in [0.4, 0.5) is 0 Å². The van der Waals surface area contributed by atoms with E-state index in [4.69, 9.17) is 14.3 Å². The van der Waals surface area contributed by atoms with Crippen LogP contribution in [0.1, 0.15) is 5.76 Å². The number of furan rings is 1. The van der Waals surface area contributed by atoms with Gasteiger partial charge in [0.2, 0.25) is 10.0 Å². The van der Waals surface area contributed by atoms with Crippen molar-refractivity contribution >= 4 is 26.0 Å². The fourth-order valence-corrected chi connectivity index (χ4v) is 3.27. The number of ether oxygens (including phenoxy) is 1. The molecule has 98 valence electrons. The van der Waals surface area contributed by atoms with Crippen molar-refractivity contribution in [2.45, 2.75) is 11.5 Å². The molecule has 0 amide bonds. The number of likely N-dealkylation sites (N-methyl/N-ethyl adjacent to an activating group) is 1. The van der Waals surface area contributed by atoms with Crippen molar-refractivity contribution in [1.82, 2.24) is 4.31 Å². The van der Waals surface area contributed by atoms with Gasteiger partial charge in [-0.2, -0.15) is 4.31 Å². The molecule has 1 aromatic rings. The second kappa shape index (κ2) is 5.96. The molecule has 8 heteroatoms. The molecule has 0 saturated heterocycles. The Labute approximate surface area is 108 Å². The summed E-state index contributed by atoms with van der Waals surface area (Å²) in [6, 6.07) is 1.29. The second-order valence-electron chi connectivity index (χ2n) is 3.33. The SMILES string of the molecule is COCCN(C)S(=O)(=O)c1cc(CO)oc1Br. The molecule has 17 heavy (non-hydrogen) atoms. The number of methoxy groups -OCH3 is 1. The van der Waals surface area contributed by atoms with Gasteiger partial charge in [0.05, 0.1) is 6.61 Å². The van der Waals surface area contributed by atoms with E-state index in [-0.39, 0.29) is 28.5 Å². The molecule has 0 aliphatic carbocycles. The maximum absolute atomic E-state index is 12.1. The Balaban J connectivity index is 2.99. The van der Waals surface area contributed by atoms with Gasteiger partial charge in [0, 0.05) is 26.8 Å². The van der Waals surface area contributed by atoms with E-state index in [1.165, 1.54) is 20.2 Å². The highest BCUT2D eigenvalue weighted by Crippen LogP contribution is 2.28. The van der Waals surface area contributed by atoms with Crippen LogP contribution in [-0.2, 0) is 21.4 Å². The summed E-state index contributed by atoms with van der Waals surface area (Å²) in [4.78, 5) is 0.000142. The molecule has 0 unspecified atom stereocenters. The lowest BCUT2D eigenvalue weighted by Gasteiger charge is -2.15. The Bertz CT molecular complexity index is 470. The summed E-state index contributed by atoms with van der Waals surface area (Å²) < 4.78 is 35.3. The fraction of sp³-hybridized carbons (Fsp3) is 0.556. The maximum Gasteiger partial charge on any atom is 0.247 e. The zero-order chi connectivity index (χ0) is 13.1. The van der Waals surface area contributed by atoms with E-state index < -0.39 is 10.0 Å². The molecule has 0 saturated carbocycles. The van der Waals surface area contributed by atoms with Gasteiger partial charge in [0.15, 0.2) is 4.67 Å². The Morgan fingerprint density at radius 3 is 2.71 bits per heavy atom. The third-order valence-electron chi connectivity index (χ3n) is 2.16. The van der Waals surface area contributed by atoms with Gasteiger partial charge >= 0.3 is 0 Å². The maximum atomic E-state index is 12.1. The molecule has 1 rings (SSSR count). The number of hydrogen-bond donors (Lipinski definition) is 1. The van der Waals surface area contributed by atoms with Crippen LogP contribution in [0.25, 0.3) is 0 Å². The van der Waals surface area contributed by atoms with Crippen LogP contribution in [0.5, 0.6) is 0 Å². The minimum Gasteiger partial charge on any atom is -0.450 e. The summed E-state index contributed by atoms with van der Waals surface area (Å²) >= 11 is 3.02. The molecule has 1 aromatic heterocycles. The molecule has 0 fully saturated rings. The highest BCUT2D eigenvalue weighted by atomic mass is 79.9. The largest absolute Gasteiger partial charge is 0.450 e. The van der Waals surface area contributed by atoms with Gasteiger partial charge in [-0.25, -0.2) is 8.42 Å². The number of hydrogen-bond acceptors (Lipinski definition) is 5. The standard InChI is InChI=1S/C9H14BrNO5S/c1-11(3-4-15-2)17(13,14)8-5-7(6-12)16-9(8)10/h5,12H,3-4,6H2,1-2H3. The summed E-state index contributed by atoms with van der Waals surface area (Å²) in [7, 11) is -0.681. The normalized spacial score (nSPS) is 12.3. The van der Waals surface area contributed by atoms with E-state index in [9.17, 15) is 8.42 Å². The van der Waals surface area contributed by atoms with E-state index in [0.29, 0.717) is 6.61 Å². The van der Waals surface area contributed by atoms with Crippen molar-refractivity contribution in [3.05, 3.63) is 16.5 Å². The summed E-state index contributed by atoms with van der Waals surface area (Å²) in [5.41, 5.74) is 0. The van der Waals surface area contributed by atoms with Gasteiger partial charge in [-0.05, 0) is 15.9 Å². The average Bonchev–Trinajstić information content (AvgIpc) is 2.67. The van der Waals surface area contributed by atoms with Crippen LogP contribution >= 0.6 is 15.9 Å². The zero-order valence-corrected chi connectivity index (χ0v) is 11.9. The Morgan fingerprint density at radius 1 is 1.59 bits per heavy atom. The average molecular weight is 328 g/mol. The van der Waals surface area contributed by atoms with E-state index >= 15 is 0 Å². The van der Waals surface area contributed by atoms with E-state index in [1.807, 2.05) is 0 Å². The highest BCUT2D eigenvalue weighted by molar-refractivity contribution is 9.10. The van der Waals surface area contributed by atoms with Crippen molar-refractivity contribution < 1.29 is 22.7 Å². The first-order valence-corrected chi connectivity index (χ1v) is 7.01. The molecule has 6 nitrogen and oxygen atoms in total. The first-order valence-electron chi connectivity index (χ1n) is 4.77. The molecule has 1 heterocycles. The molecule has 0 spiro atoms. The summed E-state index contributed by atoms with van der Waals surface area (Å²) in [5, 5.41) is 8.88. The smallest absolute Gasteiger partial charge is 0.247 e. The highest BCUT2D eigenvalue weighted by Gasteiger charge is 2.26. The molecule has 0 bridgehead atoms. The summed E-state index contributed by atoms with van der Waals surface area (Å²) in [6.45, 7) is 0.193. The van der Waals surface area contributed by atoms with Gasteiger partial charge in [-0.3, -0.25) is 0 Å². The van der Waals surface area contributed by atoms with Crippen molar-refractivity contribution in [3.8, 4) is 0 Å². The Kier molecular flexibility index (Phi) is 5.14. The van der Waals surface area contributed by atoms with Crippen molar-refractivity contribution in [2.75, 3.05) is 27.3 Å². The third-order valence-corrected chi connectivity index (χ3v) is 4.87. The number of aliphatic hydroxyl groups is 1. The molecule has 0 aliphatic rings. The molecular weight excluding hydrogens is 314 g/mol. The first-order chi connectivity index (χ1) is 7.93. The molecular formula is C9H14BrNO5S. The monoisotopic (exact) mass is 327 g/mol. The predicted molar refractivity (Wildman–Crippen MR) is 64.0 cm³/mol. The Hall–Kier alpha value is -0.410. The quantitative estimate of drug-likeness (QED) is 0.836. The number of nitrogens with zero attached hydrogens (tertiary/aromatic N) is 1. The lowest BCUT2D eigenvalue weighted by atomic mass is 10.5. The molecule has 1 N–H and O–H groups in total. The lowest BCUT2D eigenvalue weighted by Crippen LogP contribution is -2.30. The van der Waals surface area contributed by atoms with Crippen LogP contribution in [0.15, 0.2) is 20.0 Å². The second-order valence-corrected chi connectivity index (χ2v) is 6.06. The summed E-state index contributed by atoms with van der Waals surface area (Å²) in [5.74, 6) is 0.190. The molecule has 0 atom stereocenters. The topological polar surface area (TPSA) is 80.0 Å². The Morgan fingerprint density at radius 2 is 2.24 bits per heavy atom. The van der Waals surface area contributed by atoms with Crippen LogP contribution in [0.3, 0.4) is 0 Å². The zero-order valence-electron chi connectivity index (χ0n) is 9.51. The summed E-state index contributed by atoms with van der Waals surface area (Å²) in [6.07, 6.45) is 0. The molecule has 0 aliphatic heterocycles. The van der Waals surface area contributed by atoms with E-state index in [1.54, 1.807) is 0 Å². The fourth-order valence-electron chi connectivity index (χ4n) is 1.16. The van der Waals surface area contributed by atoms with Crippen molar-refractivity contribution in [3.63, 3.8) is 0 Å². The number of sulfonamides is 1. The van der Waals surface area contributed by atoms with Crippen LogP contribution in [-0.4, -0.2) is 45.1 Å². The van der Waals surface area contributed by atoms with E-state index in [2.05, 4.69) is 15.9 Å². The molecule has 0 aromatic carbocycles. The van der Waals surface area contributed by atoms with E-state index in [0.717, 1.165) is 4.31 Å². The predicted octanol–water partition coefficient (Wildman–Crippen LogP) is 0.801. The minimum absolute atomic E-state index is 0.000142. The first kappa shape index (κ1) is 14.7. The van der Waals surface area contributed by atoms with Crippen LogP contribution in [0.2, 0.25) is 0 Å². The van der Waals surface area contributed by atoms with Gasteiger partial charge < -0.3 is 14.3 Å². The number of aliphatic hydroxyl groups excluding tert-OH is 1. The van der Waals surface area contributed by atoms with Crippen LogP contribution < -0.4 is 0 Å². The van der Waals surface area contributed by atoms with Crippen molar-refractivity contribution in [2.24, 2.45) is 0 Å². The third kappa shape index (κ3) is 3.29. The van der Waals surface area contributed by atoms with Crippen molar-refractivity contribution in [1.29, 1.82) is 0 Å². The molecule has 0 radical (unpaired) electrons. The minimum atomic E-state index is -3.63. The number of halogens is 1. The lowest BCUT2D eigenvalue weighted by molar-refractivity contribution is 0.185. The number of rotatable bonds is 6.